The third kappa shape index (κ3) is 12.2. The molecule has 0 bridgehead atoms. The first-order valence-corrected chi connectivity index (χ1v) is 14.1. The summed E-state index contributed by atoms with van der Waals surface area (Å²) in [6.45, 7) is 8.84. The van der Waals surface area contributed by atoms with Crippen molar-refractivity contribution in [1.29, 1.82) is 0 Å². The molecule has 1 saturated carbocycles. The Morgan fingerprint density at radius 1 is 1.08 bits per heavy atom. The summed E-state index contributed by atoms with van der Waals surface area (Å²) in [7, 11) is 0. The first kappa shape index (κ1) is 32.2. The number of unbranched alkanes of at least 4 members (excludes halogenated alkanes) is 1. The lowest BCUT2D eigenvalue weighted by Gasteiger charge is -2.26. The summed E-state index contributed by atoms with van der Waals surface area (Å²) in [6.07, 6.45) is 11.2. The number of aryl methyl sites for hydroxylation is 1. The third-order valence-corrected chi connectivity index (χ3v) is 6.87. The molecule has 1 fully saturated rings. The van der Waals surface area contributed by atoms with Crippen molar-refractivity contribution in [2.45, 2.75) is 104 Å². The molecular weight excluding hydrogens is 484 g/mol. The number of aliphatic hydroxyl groups is 1. The van der Waals surface area contributed by atoms with Gasteiger partial charge in [0.05, 0.1) is 18.3 Å². The van der Waals surface area contributed by atoms with Crippen molar-refractivity contribution < 1.29 is 34.0 Å². The number of allylic oxidation sites excluding steroid dienone is 2. The molecule has 38 heavy (non-hydrogen) atoms. The SMILES string of the molecule is CCOC(C)OC1CC(O)C(C/C=C\CCCC(=O)O)C1/C=C/[C@H](CCc1ccccc1)OC(C)OCC. The van der Waals surface area contributed by atoms with Gasteiger partial charge < -0.3 is 29.2 Å². The van der Waals surface area contributed by atoms with Crippen LogP contribution in [0.1, 0.15) is 71.8 Å². The van der Waals surface area contributed by atoms with Crippen LogP contribution in [0.2, 0.25) is 0 Å². The van der Waals surface area contributed by atoms with Crippen molar-refractivity contribution in [2.24, 2.45) is 11.8 Å². The zero-order chi connectivity index (χ0) is 27.8. The number of carboxylic acid groups (broad SMARTS) is 1. The molecule has 1 aliphatic rings. The molecule has 0 aromatic heterocycles. The quantitative estimate of drug-likeness (QED) is 0.130. The molecule has 2 N–H and O–H groups in total. The Morgan fingerprint density at radius 2 is 1.79 bits per heavy atom. The first-order chi connectivity index (χ1) is 18.3. The maximum Gasteiger partial charge on any atom is 0.303 e. The molecule has 7 heteroatoms. The summed E-state index contributed by atoms with van der Waals surface area (Å²) in [5.74, 6) is -0.803. The lowest BCUT2D eigenvalue weighted by Crippen LogP contribution is -2.27. The Kier molecular flexibility index (Phi) is 15.5. The minimum atomic E-state index is -0.777. The van der Waals surface area contributed by atoms with Gasteiger partial charge in [0.2, 0.25) is 0 Å². The number of aliphatic carboxylic acids is 1. The fourth-order valence-corrected chi connectivity index (χ4v) is 5.03. The van der Waals surface area contributed by atoms with Gasteiger partial charge in [0.25, 0.3) is 0 Å². The van der Waals surface area contributed by atoms with Gasteiger partial charge in [0, 0.05) is 32.0 Å². The number of hydrogen-bond donors (Lipinski definition) is 2. The number of aliphatic hydroxyl groups excluding tert-OH is 1. The van der Waals surface area contributed by atoms with E-state index in [1.165, 1.54) is 5.56 Å². The smallest absolute Gasteiger partial charge is 0.303 e. The molecule has 1 aromatic carbocycles. The summed E-state index contributed by atoms with van der Waals surface area (Å²) < 4.78 is 23.7. The van der Waals surface area contributed by atoms with Crippen LogP contribution in [0.4, 0.5) is 0 Å². The van der Waals surface area contributed by atoms with Gasteiger partial charge in [-0.1, -0.05) is 54.6 Å². The van der Waals surface area contributed by atoms with E-state index in [-0.39, 0.29) is 43.0 Å². The standard InChI is InChI=1S/C31H48O7/c1-5-35-23(3)37-26(19-18-25-14-10-9-11-15-25)20-21-28-27(16-12-7-8-13-17-31(33)34)29(32)22-30(28)38-24(4)36-6-2/h7,9-12,14-15,20-21,23-24,26-30,32H,5-6,8,13,16-19,22H2,1-4H3,(H,33,34)/b12-7-,21-20+/t23?,24?,26-,27?,28?,29?,30?/m0/s1. The van der Waals surface area contributed by atoms with E-state index in [9.17, 15) is 9.90 Å². The highest BCUT2D eigenvalue weighted by atomic mass is 16.7. The van der Waals surface area contributed by atoms with E-state index >= 15 is 0 Å². The highest BCUT2D eigenvalue weighted by Crippen LogP contribution is 2.39. The van der Waals surface area contributed by atoms with E-state index in [0.29, 0.717) is 38.9 Å². The largest absolute Gasteiger partial charge is 0.481 e. The van der Waals surface area contributed by atoms with Gasteiger partial charge in [-0.15, -0.1) is 0 Å². The van der Waals surface area contributed by atoms with Crippen molar-refractivity contribution in [2.75, 3.05) is 13.2 Å². The molecular formula is C31H48O7. The highest BCUT2D eigenvalue weighted by Gasteiger charge is 2.42. The number of benzene rings is 1. The molecule has 7 nitrogen and oxygen atoms in total. The van der Waals surface area contributed by atoms with Crippen LogP contribution in [0.3, 0.4) is 0 Å². The maximum absolute atomic E-state index is 11.0. The minimum Gasteiger partial charge on any atom is -0.481 e. The van der Waals surface area contributed by atoms with Crippen LogP contribution in [0.25, 0.3) is 0 Å². The molecule has 0 amide bonds. The summed E-state index contributed by atoms with van der Waals surface area (Å²) in [6, 6.07) is 10.4. The van der Waals surface area contributed by atoms with E-state index in [1.54, 1.807) is 0 Å². The van der Waals surface area contributed by atoms with Gasteiger partial charge in [-0.05, 0) is 71.3 Å². The van der Waals surface area contributed by atoms with Crippen molar-refractivity contribution in [3.8, 4) is 0 Å². The van der Waals surface area contributed by atoms with Gasteiger partial charge in [0.15, 0.2) is 12.6 Å². The second-order valence-corrected chi connectivity index (χ2v) is 9.84. The molecule has 0 radical (unpaired) electrons. The molecule has 1 aliphatic carbocycles. The fourth-order valence-electron chi connectivity index (χ4n) is 5.03. The molecule has 0 spiro atoms. The topological polar surface area (TPSA) is 94.5 Å². The Bertz CT molecular complexity index is 825. The summed E-state index contributed by atoms with van der Waals surface area (Å²) in [5.41, 5.74) is 1.26. The number of carbonyl (C=O) groups is 1. The van der Waals surface area contributed by atoms with Crippen LogP contribution in [-0.2, 0) is 30.2 Å². The van der Waals surface area contributed by atoms with Crippen LogP contribution in [0.5, 0.6) is 0 Å². The average molecular weight is 533 g/mol. The van der Waals surface area contributed by atoms with Gasteiger partial charge in [-0.2, -0.15) is 0 Å². The van der Waals surface area contributed by atoms with Crippen LogP contribution < -0.4 is 0 Å². The lowest BCUT2D eigenvalue weighted by atomic mass is 9.89. The second kappa shape index (κ2) is 18.3. The fraction of sp³-hybridized carbons (Fsp3) is 0.645. The second-order valence-electron chi connectivity index (χ2n) is 9.84. The zero-order valence-corrected chi connectivity index (χ0v) is 23.5. The van der Waals surface area contributed by atoms with Gasteiger partial charge in [-0.3, -0.25) is 4.79 Å². The molecule has 0 aliphatic heterocycles. The normalized spacial score (nSPS) is 24.2. The summed E-state index contributed by atoms with van der Waals surface area (Å²) in [4.78, 5) is 10.7. The number of ether oxygens (including phenoxy) is 4. The van der Waals surface area contributed by atoms with E-state index < -0.39 is 12.1 Å². The molecule has 2 rings (SSSR count). The molecule has 1 aromatic rings. The van der Waals surface area contributed by atoms with E-state index in [2.05, 4.69) is 30.4 Å². The van der Waals surface area contributed by atoms with Crippen LogP contribution in [-0.4, -0.2) is 60.3 Å². The van der Waals surface area contributed by atoms with E-state index in [4.69, 9.17) is 24.1 Å². The molecule has 0 heterocycles. The van der Waals surface area contributed by atoms with Crippen molar-refractivity contribution in [3.63, 3.8) is 0 Å². The van der Waals surface area contributed by atoms with Gasteiger partial charge in [-0.25, -0.2) is 0 Å². The maximum atomic E-state index is 11.0. The molecule has 7 atom stereocenters. The zero-order valence-electron chi connectivity index (χ0n) is 23.5. The van der Waals surface area contributed by atoms with Crippen LogP contribution >= 0.6 is 0 Å². The van der Waals surface area contributed by atoms with Gasteiger partial charge >= 0.3 is 5.97 Å². The van der Waals surface area contributed by atoms with E-state index in [1.807, 2.05) is 52.0 Å². The highest BCUT2D eigenvalue weighted by molar-refractivity contribution is 5.66. The lowest BCUT2D eigenvalue weighted by molar-refractivity contribution is -0.163. The predicted molar refractivity (Wildman–Crippen MR) is 149 cm³/mol. The Balaban J connectivity index is 2.15. The van der Waals surface area contributed by atoms with Crippen LogP contribution in [0, 0.1) is 11.8 Å². The number of carboxylic acids is 1. The Morgan fingerprint density at radius 3 is 2.47 bits per heavy atom. The number of hydrogen-bond acceptors (Lipinski definition) is 6. The third-order valence-electron chi connectivity index (χ3n) is 6.87. The summed E-state index contributed by atoms with van der Waals surface area (Å²) in [5, 5.41) is 19.8. The minimum absolute atomic E-state index is 0.0122. The van der Waals surface area contributed by atoms with E-state index in [0.717, 1.165) is 12.8 Å². The Hall–Kier alpha value is -2.03. The molecule has 0 saturated heterocycles. The molecule has 214 valence electrons. The first-order valence-electron chi connectivity index (χ1n) is 14.1. The van der Waals surface area contributed by atoms with Crippen LogP contribution in [0.15, 0.2) is 54.6 Å². The predicted octanol–water partition coefficient (Wildman–Crippen LogP) is 5.91. The monoisotopic (exact) mass is 532 g/mol. The van der Waals surface area contributed by atoms with Gasteiger partial charge in [0.1, 0.15) is 0 Å². The number of rotatable bonds is 19. The van der Waals surface area contributed by atoms with Crippen molar-refractivity contribution >= 4 is 5.97 Å². The Labute approximate surface area is 228 Å². The average Bonchev–Trinajstić information content (AvgIpc) is 3.17. The van der Waals surface area contributed by atoms with Crippen molar-refractivity contribution in [1.82, 2.24) is 0 Å². The van der Waals surface area contributed by atoms with Crippen molar-refractivity contribution in [3.05, 3.63) is 60.2 Å². The molecule has 6 unspecified atom stereocenters. The summed E-state index contributed by atoms with van der Waals surface area (Å²) >= 11 is 0.